The fourth-order valence-corrected chi connectivity index (χ4v) is 2.04. The minimum Gasteiger partial charge on any atom is -0.316 e. The Bertz CT molecular complexity index is 143. The van der Waals surface area contributed by atoms with Crippen molar-refractivity contribution in [2.24, 2.45) is 5.92 Å². The van der Waals surface area contributed by atoms with E-state index in [2.05, 4.69) is 11.4 Å². The van der Waals surface area contributed by atoms with Crippen molar-refractivity contribution in [1.82, 2.24) is 5.32 Å². The maximum absolute atomic E-state index is 3.41. The average Bonchev–Trinajstić information content (AvgIpc) is 2.59. The second-order valence-electron chi connectivity index (χ2n) is 3.36. The van der Waals surface area contributed by atoms with Crippen LogP contribution in [0.5, 0.6) is 0 Å². The number of allylic oxidation sites excluding steroid dienone is 1. The largest absolute Gasteiger partial charge is 0.316 e. The van der Waals surface area contributed by atoms with Gasteiger partial charge in [-0.25, -0.2) is 0 Å². The van der Waals surface area contributed by atoms with Crippen LogP contribution in [0.3, 0.4) is 0 Å². The molecule has 1 aliphatic heterocycles. The topological polar surface area (TPSA) is 12.0 Å². The zero-order valence-corrected chi connectivity index (χ0v) is 6.40. The quantitative estimate of drug-likeness (QED) is 0.542. The van der Waals surface area contributed by atoms with Crippen molar-refractivity contribution in [2.45, 2.75) is 25.7 Å². The number of nitrogens with one attached hydrogen (secondary N) is 1. The van der Waals surface area contributed by atoms with E-state index in [1.165, 1.54) is 38.8 Å². The van der Waals surface area contributed by atoms with Crippen LogP contribution in [0.4, 0.5) is 0 Å². The molecule has 0 amide bonds. The summed E-state index contributed by atoms with van der Waals surface area (Å²) in [5.74, 6) is 0.905. The molecule has 0 aromatic rings. The van der Waals surface area contributed by atoms with Gasteiger partial charge in [0, 0.05) is 6.54 Å². The lowest BCUT2D eigenvalue weighted by atomic mass is 9.98. The van der Waals surface area contributed by atoms with Crippen molar-refractivity contribution in [1.29, 1.82) is 0 Å². The van der Waals surface area contributed by atoms with Crippen LogP contribution in [0.25, 0.3) is 0 Å². The maximum atomic E-state index is 3.41. The van der Waals surface area contributed by atoms with Crippen molar-refractivity contribution < 1.29 is 0 Å². The van der Waals surface area contributed by atoms with Crippen LogP contribution in [-0.2, 0) is 0 Å². The van der Waals surface area contributed by atoms with Crippen LogP contribution in [0.15, 0.2) is 11.6 Å². The Balaban J connectivity index is 1.97. The third kappa shape index (κ3) is 1.10. The first-order valence-electron chi connectivity index (χ1n) is 4.36. The zero-order valence-electron chi connectivity index (χ0n) is 6.40. The lowest BCUT2D eigenvalue weighted by Gasteiger charge is -2.07. The molecule has 2 rings (SSSR count). The molecule has 0 aromatic heterocycles. The molecule has 1 atom stereocenters. The van der Waals surface area contributed by atoms with Gasteiger partial charge in [0.15, 0.2) is 0 Å². The lowest BCUT2D eigenvalue weighted by molar-refractivity contribution is 0.655. The van der Waals surface area contributed by atoms with E-state index in [1.807, 2.05) is 0 Å². The van der Waals surface area contributed by atoms with Crippen LogP contribution in [-0.4, -0.2) is 13.1 Å². The predicted molar refractivity (Wildman–Crippen MR) is 42.9 cm³/mol. The van der Waals surface area contributed by atoms with Gasteiger partial charge in [-0.15, -0.1) is 0 Å². The molecule has 1 N–H and O–H groups in total. The van der Waals surface area contributed by atoms with Crippen LogP contribution in [0, 0.1) is 5.92 Å². The first-order valence-corrected chi connectivity index (χ1v) is 4.36. The highest BCUT2D eigenvalue weighted by molar-refractivity contribution is 5.13. The second kappa shape index (κ2) is 2.75. The van der Waals surface area contributed by atoms with E-state index in [1.54, 1.807) is 5.57 Å². The number of rotatable bonds is 1. The molecular weight excluding hydrogens is 122 g/mol. The first-order chi connectivity index (χ1) is 4.97. The molecule has 1 nitrogen and oxygen atoms in total. The summed E-state index contributed by atoms with van der Waals surface area (Å²) in [5.41, 5.74) is 1.74. The Kier molecular flexibility index (Phi) is 1.76. The standard InChI is InChI=1S/C9H15N/c1-2-4-8(3-1)9-5-6-10-7-9/h3,9-10H,1-2,4-7H2. The van der Waals surface area contributed by atoms with Gasteiger partial charge < -0.3 is 5.32 Å². The van der Waals surface area contributed by atoms with Gasteiger partial charge in [-0.3, -0.25) is 0 Å². The van der Waals surface area contributed by atoms with Crippen molar-refractivity contribution in [3.05, 3.63) is 11.6 Å². The van der Waals surface area contributed by atoms with Crippen molar-refractivity contribution in [3.8, 4) is 0 Å². The van der Waals surface area contributed by atoms with E-state index in [0.29, 0.717) is 0 Å². The molecule has 1 saturated heterocycles. The van der Waals surface area contributed by atoms with E-state index in [0.717, 1.165) is 5.92 Å². The molecule has 1 fully saturated rings. The monoisotopic (exact) mass is 137 g/mol. The maximum Gasteiger partial charge on any atom is 0.00173 e. The number of hydrogen-bond acceptors (Lipinski definition) is 1. The van der Waals surface area contributed by atoms with E-state index in [-0.39, 0.29) is 0 Å². The third-order valence-corrected chi connectivity index (χ3v) is 2.66. The highest BCUT2D eigenvalue weighted by Crippen LogP contribution is 2.28. The Morgan fingerprint density at radius 2 is 2.50 bits per heavy atom. The average molecular weight is 137 g/mol. The molecule has 1 heteroatoms. The summed E-state index contributed by atoms with van der Waals surface area (Å²) in [6, 6.07) is 0. The van der Waals surface area contributed by atoms with Gasteiger partial charge >= 0.3 is 0 Å². The third-order valence-electron chi connectivity index (χ3n) is 2.66. The van der Waals surface area contributed by atoms with Gasteiger partial charge in [0.1, 0.15) is 0 Å². The molecule has 2 aliphatic rings. The summed E-state index contributed by atoms with van der Waals surface area (Å²) in [4.78, 5) is 0. The van der Waals surface area contributed by atoms with Crippen molar-refractivity contribution in [2.75, 3.05) is 13.1 Å². The summed E-state index contributed by atoms with van der Waals surface area (Å²) in [5, 5.41) is 3.41. The van der Waals surface area contributed by atoms with Gasteiger partial charge in [0.2, 0.25) is 0 Å². The zero-order chi connectivity index (χ0) is 6.81. The predicted octanol–water partition coefficient (Wildman–Crippen LogP) is 1.71. The molecule has 0 aromatic carbocycles. The van der Waals surface area contributed by atoms with E-state index >= 15 is 0 Å². The molecule has 0 radical (unpaired) electrons. The molecule has 1 aliphatic carbocycles. The van der Waals surface area contributed by atoms with Gasteiger partial charge in [-0.05, 0) is 38.1 Å². The molecule has 0 saturated carbocycles. The van der Waals surface area contributed by atoms with Crippen LogP contribution < -0.4 is 5.32 Å². The molecule has 1 unspecified atom stereocenters. The molecule has 10 heavy (non-hydrogen) atoms. The minimum absolute atomic E-state index is 0.905. The van der Waals surface area contributed by atoms with Gasteiger partial charge in [-0.2, -0.15) is 0 Å². The SMILES string of the molecule is C1=C(C2CCNC2)CCC1. The number of hydrogen-bond donors (Lipinski definition) is 1. The molecule has 56 valence electrons. The Morgan fingerprint density at radius 1 is 1.50 bits per heavy atom. The van der Waals surface area contributed by atoms with E-state index in [9.17, 15) is 0 Å². The van der Waals surface area contributed by atoms with E-state index in [4.69, 9.17) is 0 Å². The summed E-state index contributed by atoms with van der Waals surface area (Å²) in [7, 11) is 0. The summed E-state index contributed by atoms with van der Waals surface area (Å²) in [6.45, 7) is 2.48. The first kappa shape index (κ1) is 6.41. The lowest BCUT2D eigenvalue weighted by Crippen LogP contribution is -2.09. The summed E-state index contributed by atoms with van der Waals surface area (Å²) in [6.07, 6.45) is 7.97. The Hall–Kier alpha value is -0.300. The van der Waals surface area contributed by atoms with Crippen LogP contribution >= 0.6 is 0 Å². The van der Waals surface area contributed by atoms with Crippen molar-refractivity contribution in [3.63, 3.8) is 0 Å². The molecule has 0 bridgehead atoms. The summed E-state index contributed by atoms with van der Waals surface area (Å²) < 4.78 is 0. The van der Waals surface area contributed by atoms with Gasteiger partial charge in [0.05, 0.1) is 0 Å². The normalized spacial score (nSPS) is 32.8. The fraction of sp³-hybridized carbons (Fsp3) is 0.778. The molecule has 0 spiro atoms. The van der Waals surface area contributed by atoms with Gasteiger partial charge in [-0.1, -0.05) is 11.6 Å². The van der Waals surface area contributed by atoms with E-state index < -0.39 is 0 Å². The smallest absolute Gasteiger partial charge is 0.00173 e. The highest BCUT2D eigenvalue weighted by Gasteiger charge is 2.19. The highest BCUT2D eigenvalue weighted by atomic mass is 14.9. The Labute approximate surface area is 62.5 Å². The fourth-order valence-electron chi connectivity index (χ4n) is 2.04. The van der Waals surface area contributed by atoms with Crippen molar-refractivity contribution >= 4 is 0 Å². The minimum atomic E-state index is 0.905. The van der Waals surface area contributed by atoms with Crippen LogP contribution in [0.2, 0.25) is 0 Å². The summed E-state index contributed by atoms with van der Waals surface area (Å²) >= 11 is 0. The molecule has 1 heterocycles. The van der Waals surface area contributed by atoms with Crippen LogP contribution in [0.1, 0.15) is 25.7 Å². The Morgan fingerprint density at radius 3 is 3.10 bits per heavy atom. The second-order valence-corrected chi connectivity index (χ2v) is 3.36. The van der Waals surface area contributed by atoms with Gasteiger partial charge in [0.25, 0.3) is 0 Å². The molecular formula is C9H15N.